The maximum Gasteiger partial charge on any atom is 0.162 e. The van der Waals surface area contributed by atoms with Gasteiger partial charge < -0.3 is 10.1 Å². The quantitative estimate of drug-likeness (QED) is 0.484. The molecule has 0 unspecified atom stereocenters. The van der Waals surface area contributed by atoms with Gasteiger partial charge in [0.25, 0.3) is 0 Å². The normalized spacial score (nSPS) is 19.9. The zero-order valence-electron chi connectivity index (χ0n) is 17.3. The van der Waals surface area contributed by atoms with Gasteiger partial charge in [0.2, 0.25) is 0 Å². The molecule has 2 heterocycles. The number of aromatic nitrogens is 1. The van der Waals surface area contributed by atoms with Crippen molar-refractivity contribution >= 4 is 43.9 Å². The Morgan fingerprint density at radius 3 is 2.80 bits per heavy atom. The third kappa shape index (κ3) is 3.03. The molecule has 0 saturated heterocycles. The summed E-state index contributed by atoms with van der Waals surface area (Å²) in [4.78, 5) is 18.0. The minimum atomic E-state index is -0.252. The van der Waals surface area contributed by atoms with E-state index in [1.165, 1.54) is 0 Å². The van der Waals surface area contributed by atoms with Crippen molar-refractivity contribution in [1.29, 1.82) is 0 Å². The van der Waals surface area contributed by atoms with Crippen LogP contribution in [0.25, 0.3) is 16.5 Å². The summed E-state index contributed by atoms with van der Waals surface area (Å²) < 4.78 is 6.62. The Labute approximate surface area is 184 Å². The number of fused-ring (bicyclic) bond motifs is 4. The van der Waals surface area contributed by atoms with Gasteiger partial charge in [0, 0.05) is 44.9 Å². The lowest BCUT2D eigenvalue weighted by atomic mass is 9.68. The van der Waals surface area contributed by atoms with E-state index >= 15 is 0 Å². The molecule has 0 radical (unpaired) electrons. The number of hydrogen-bond acceptors (Lipinski definition) is 4. The van der Waals surface area contributed by atoms with Crippen molar-refractivity contribution in [1.82, 2.24) is 4.98 Å². The largest absolute Gasteiger partial charge is 0.496 e. The molecule has 152 valence electrons. The van der Waals surface area contributed by atoms with Crippen LogP contribution in [0.3, 0.4) is 0 Å². The number of rotatable bonds is 2. The molecule has 2 aromatic carbocycles. The fraction of sp³-hybridized carbons (Fsp3) is 0.280. The summed E-state index contributed by atoms with van der Waals surface area (Å²) in [5, 5.41) is 4.74. The SMILES string of the molecule is COc1ccc(Br)cc1[C@H]1Nc2ccc3ncccc3c2C2=C1C(=O)CC(C)(C)C2. The average molecular weight is 463 g/mol. The van der Waals surface area contributed by atoms with Crippen LogP contribution in [0.5, 0.6) is 5.75 Å². The number of methoxy groups -OCH3 is 1. The predicted molar refractivity (Wildman–Crippen MR) is 124 cm³/mol. The van der Waals surface area contributed by atoms with Gasteiger partial charge in [-0.05, 0) is 53.8 Å². The van der Waals surface area contributed by atoms with Crippen LogP contribution in [0.15, 0.2) is 58.7 Å². The van der Waals surface area contributed by atoms with Gasteiger partial charge in [-0.3, -0.25) is 9.78 Å². The van der Waals surface area contributed by atoms with Crippen LogP contribution in [-0.2, 0) is 4.79 Å². The minimum Gasteiger partial charge on any atom is -0.496 e. The lowest BCUT2D eigenvalue weighted by Crippen LogP contribution is -2.33. The maximum atomic E-state index is 13.5. The number of carbonyl (C=O) groups excluding carboxylic acids is 1. The van der Waals surface area contributed by atoms with E-state index in [1.54, 1.807) is 7.11 Å². The number of hydrogen-bond donors (Lipinski definition) is 1. The Bertz CT molecular complexity index is 1230. The highest BCUT2D eigenvalue weighted by atomic mass is 79.9. The Morgan fingerprint density at radius 1 is 1.17 bits per heavy atom. The first kappa shape index (κ1) is 19.3. The molecule has 1 aromatic heterocycles. The predicted octanol–water partition coefficient (Wildman–Crippen LogP) is 6.32. The van der Waals surface area contributed by atoms with Gasteiger partial charge in [-0.2, -0.15) is 0 Å². The molecule has 1 N–H and O–H groups in total. The molecule has 2 aliphatic rings. The number of allylic oxidation sites excluding steroid dienone is 1. The molecular formula is C25H23BrN2O2. The van der Waals surface area contributed by atoms with E-state index in [0.29, 0.717) is 6.42 Å². The topological polar surface area (TPSA) is 51.2 Å². The van der Waals surface area contributed by atoms with Crippen LogP contribution in [-0.4, -0.2) is 17.9 Å². The van der Waals surface area contributed by atoms with Crippen molar-refractivity contribution in [2.24, 2.45) is 5.41 Å². The van der Waals surface area contributed by atoms with Crippen molar-refractivity contribution < 1.29 is 9.53 Å². The van der Waals surface area contributed by atoms with E-state index in [1.807, 2.05) is 36.5 Å². The van der Waals surface area contributed by atoms with Gasteiger partial charge in [-0.1, -0.05) is 35.8 Å². The summed E-state index contributed by atoms with van der Waals surface area (Å²) in [5.41, 5.74) is 5.96. The average Bonchev–Trinajstić information content (AvgIpc) is 2.71. The Hall–Kier alpha value is -2.66. The second-order valence-corrected chi connectivity index (χ2v) is 9.77. The summed E-state index contributed by atoms with van der Waals surface area (Å²) in [6, 6.07) is 13.9. The Kier molecular flexibility index (Phi) is 4.47. The third-order valence-corrected chi connectivity index (χ3v) is 6.59. The number of halogens is 1. The van der Waals surface area contributed by atoms with E-state index in [-0.39, 0.29) is 17.2 Å². The summed E-state index contributed by atoms with van der Waals surface area (Å²) in [5.74, 6) is 0.971. The van der Waals surface area contributed by atoms with Crippen molar-refractivity contribution in [2.75, 3.05) is 12.4 Å². The lowest BCUT2D eigenvalue weighted by Gasteiger charge is -2.40. The van der Waals surface area contributed by atoms with E-state index in [9.17, 15) is 4.79 Å². The van der Waals surface area contributed by atoms with Crippen LogP contribution in [0, 0.1) is 5.41 Å². The summed E-state index contributed by atoms with van der Waals surface area (Å²) in [6.45, 7) is 4.35. The van der Waals surface area contributed by atoms with Gasteiger partial charge in [-0.15, -0.1) is 0 Å². The molecule has 1 aliphatic heterocycles. The van der Waals surface area contributed by atoms with Crippen LogP contribution in [0.1, 0.15) is 43.9 Å². The second-order valence-electron chi connectivity index (χ2n) is 8.86. The van der Waals surface area contributed by atoms with Gasteiger partial charge in [-0.25, -0.2) is 0 Å². The van der Waals surface area contributed by atoms with Crippen molar-refractivity contribution in [2.45, 2.75) is 32.7 Å². The Balaban J connectivity index is 1.82. The Morgan fingerprint density at radius 2 is 2.00 bits per heavy atom. The van der Waals surface area contributed by atoms with E-state index in [0.717, 1.165) is 55.5 Å². The number of benzene rings is 2. The number of carbonyl (C=O) groups is 1. The number of nitrogens with one attached hydrogen (secondary N) is 1. The molecule has 0 spiro atoms. The van der Waals surface area contributed by atoms with Gasteiger partial charge in [0.15, 0.2) is 5.78 Å². The summed E-state index contributed by atoms with van der Waals surface area (Å²) >= 11 is 3.59. The number of nitrogens with zero attached hydrogens (tertiary/aromatic N) is 1. The van der Waals surface area contributed by atoms with Crippen LogP contribution in [0.4, 0.5) is 5.69 Å². The van der Waals surface area contributed by atoms with Gasteiger partial charge >= 0.3 is 0 Å². The molecule has 1 aliphatic carbocycles. The fourth-order valence-corrected chi connectivity index (χ4v) is 5.26. The second kappa shape index (κ2) is 6.95. The smallest absolute Gasteiger partial charge is 0.162 e. The first-order chi connectivity index (χ1) is 14.4. The number of pyridine rings is 1. The van der Waals surface area contributed by atoms with Crippen LogP contribution >= 0.6 is 15.9 Å². The molecular weight excluding hydrogens is 440 g/mol. The van der Waals surface area contributed by atoms with Crippen molar-refractivity contribution in [3.05, 3.63) is 69.8 Å². The molecule has 4 nitrogen and oxygen atoms in total. The fourth-order valence-electron chi connectivity index (χ4n) is 4.88. The standard InChI is InChI=1S/C25H23BrN2O2/c1-25(2)12-17-22-15-5-4-10-27-18(15)7-8-19(22)28-24(23(17)20(29)13-25)16-11-14(26)6-9-21(16)30-3/h4-11,24,28H,12-13H2,1-3H3/t24-/m1/s1. The monoisotopic (exact) mass is 462 g/mol. The van der Waals surface area contributed by atoms with Gasteiger partial charge in [0.1, 0.15) is 5.75 Å². The maximum absolute atomic E-state index is 13.5. The molecule has 1 atom stereocenters. The lowest BCUT2D eigenvalue weighted by molar-refractivity contribution is -0.118. The molecule has 3 aromatic rings. The van der Waals surface area contributed by atoms with Crippen molar-refractivity contribution in [3.63, 3.8) is 0 Å². The van der Waals surface area contributed by atoms with E-state index in [2.05, 4.69) is 52.2 Å². The minimum absolute atomic E-state index is 0.0825. The van der Waals surface area contributed by atoms with E-state index in [4.69, 9.17) is 4.74 Å². The van der Waals surface area contributed by atoms with Crippen LogP contribution in [0.2, 0.25) is 0 Å². The molecule has 0 fully saturated rings. The molecule has 5 rings (SSSR count). The highest BCUT2D eigenvalue weighted by Gasteiger charge is 2.41. The van der Waals surface area contributed by atoms with Crippen LogP contribution < -0.4 is 10.1 Å². The summed E-state index contributed by atoms with van der Waals surface area (Å²) in [7, 11) is 1.67. The first-order valence-corrected chi connectivity index (χ1v) is 10.9. The zero-order chi connectivity index (χ0) is 21.0. The zero-order valence-corrected chi connectivity index (χ0v) is 18.8. The number of ether oxygens (including phenoxy) is 1. The molecule has 0 saturated carbocycles. The summed E-state index contributed by atoms with van der Waals surface area (Å²) in [6.07, 6.45) is 3.20. The highest BCUT2D eigenvalue weighted by Crippen LogP contribution is 2.52. The number of anilines is 1. The molecule has 5 heteroatoms. The number of Topliss-reactive ketones (excluding diaryl/α,β-unsaturated/α-hetero) is 1. The molecule has 30 heavy (non-hydrogen) atoms. The highest BCUT2D eigenvalue weighted by molar-refractivity contribution is 9.10. The molecule has 0 bridgehead atoms. The first-order valence-electron chi connectivity index (χ1n) is 10.1. The molecule has 0 amide bonds. The third-order valence-electron chi connectivity index (χ3n) is 6.10. The van der Waals surface area contributed by atoms with Crippen molar-refractivity contribution in [3.8, 4) is 5.75 Å². The van der Waals surface area contributed by atoms with Gasteiger partial charge in [0.05, 0.1) is 18.7 Å². The number of ketones is 1. The van der Waals surface area contributed by atoms with E-state index < -0.39 is 0 Å².